The predicted molar refractivity (Wildman–Crippen MR) is 129 cm³/mol. The normalized spacial score (nSPS) is 11.8. The maximum absolute atomic E-state index is 12.4. The average Bonchev–Trinajstić information content (AvgIpc) is 2.72. The zero-order valence-electron chi connectivity index (χ0n) is 17.3. The number of hydrogen-bond acceptors (Lipinski definition) is 8. The fourth-order valence-electron chi connectivity index (χ4n) is 2.82. The van der Waals surface area contributed by atoms with E-state index in [2.05, 4.69) is 15.0 Å². The Labute approximate surface area is 220 Å². The van der Waals surface area contributed by atoms with Crippen LogP contribution in [0.25, 0.3) is 11.4 Å². The maximum Gasteiger partial charge on any atom is 0.325 e. The maximum atomic E-state index is 12.4. The lowest BCUT2D eigenvalue weighted by Gasteiger charge is -2.29. The molecular weight excluding hydrogens is 561 g/mol. The van der Waals surface area contributed by atoms with Crippen LogP contribution in [-0.4, -0.2) is 53.2 Å². The lowest BCUT2D eigenvalue weighted by molar-refractivity contribution is -0.142. The van der Waals surface area contributed by atoms with Gasteiger partial charge in [-0.15, -0.1) is 0 Å². The third-order valence-electron chi connectivity index (χ3n) is 4.06. The van der Waals surface area contributed by atoms with Gasteiger partial charge in [-0.2, -0.15) is 0 Å². The molecule has 0 N–H and O–H groups in total. The van der Waals surface area contributed by atoms with E-state index in [1.165, 1.54) is 29.7 Å². The summed E-state index contributed by atoms with van der Waals surface area (Å²) in [5, 5.41) is 0. The molecule has 0 spiro atoms. The van der Waals surface area contributed by atoms with Crippen molar-refractivity contribution in [2.45, 2.75) is 21.4 Å². The Morgan fingerprint density at radius 2 is 1.39 bits per heavy atom. The summed E-state index contributed by atoms with van der Waals surface area (Å²) in [6, 6.07) is 2.81. The molecule has 0 atom stereocenters. The van der Waals surface area contributed by atoms with E-state index in [1.807, 2.05) is 0 Å². The van der Waals surface area contributed by atoms with E-state index in [-0.39, 0.29) is 54.5 Å². The van der Waals surface area contributed by atoms with Crippen molar-refractivity contribution in [1.82, 2.24) is 15.0 Å². The highest BCUT2D eigenvalue weighted by atomic mass is 35.6. The Hall–Kier alpha value is -1.29. The summed E-state index contributed by atoms with van der Waals surface area (Å²) in [4.78, 5) is 38.1. The first-order valence-electron chi connectivity index (χ1n) is 9.39. The van der Waals surface area contributed by atoms with Gasteiger partial charge in [0.1, 0.15) is 25.7 Å². The fraction of sp³-hybridized carbons (Fsp3) is 0.421. The second-order valence-corrected chi connectivity index (χ2v) is 10.9. The minimum absolute atomic E-state index is 0.0512. The number of esters is 2. The van der Waals surface area contributed by atoms with Crippen LogP contribution in [0.1, 0.15) is 25.0 Å². The van der Waals surface area contributed by atoms with Crippen molar-refractivity contribution in [3.8, 4) is 11.4 Å². The lowest BCUT2D eigenvalue weighted by Crippen LogP contribution is -2.37. The van der Waals surface area contributed by atoms with Gasteiger partial charge in [-0.05, 0) is 26.0 Å². The third-order valence-corrected chi connectivity index (χ3v) is 5.32. The number of nitrogens with zero attached hydrogens (tertiary/aromatic N) is 4. The lowest BCUT2D eigenvalue weighted by atomic mass is 10.0. The SMILES string of the molecule is CCOC(=O)CN(CC(=O)OCC)c1cc(C(Cl)(Cl)Cl)cc(C(Cl)(Cl)Cl)c1-c1ncncn1. The van der Waals surface area contributed by atoms with Crippen LogP contribution in [0.2, 0.25) is 0 Å². The van der Waals surface area contributed by atoms with E-state index in [9.17, 15) is 9.59 Å². The number of hydrogen-bond donors (Lipinski definition) is 0. The van der Waals surface area contributed by atoms with E-state index in [1.54, 1.807) is 13.8 Å². The second kappa shape index (κ2) is 11.9. The van der Waals surface area contributed by atoms with Crippen molar-refractivity contribution < 1.29 is 19.1 Å². The van der Waals surface area contributed by atoms with E-state index in [0.717, 1.165) is 0 Å². The summed E-state index contributed by atoms with van der Waals surface area (Å²) >= 11 is 37.1. The summed E-state index contributed by atoms with van der Waals surface area (Å²) in [5.41, 5.74) is 0.519. The van der Waals surface area contributed by atoms with E-state index < -0.39 is 19.5 Å². The Morgan fingerprint density at radius 3 is 1.82 bits per heavy atom. The van der Waals surface area contributed by atoms with Gasteiger partial charge in [-0.1, -0.05) is 69.6 Å². The van der Waals surface area contributed by atoms with Gasteiger partial charge in [-0.3, -0.25) is 9.59 Å². The van der Waals surface area contributed by atoms with E-state index in [4.69, 9.17) is 79.1 Å². The molecule has 2 rings (SSSR count). The third kappa shape index (κ3) is 7.87. The molecule has 33 heavy (non-hydrogen) atoms. The molecule has 0 saturated heterocycles. The summed E-state index contributed by atoms with van der Waals surface area (Å²) in [6.07, 6.45) is 2.47. The van der Waals surface area contributed by atoms with Crippen molar-refractivity contribution in [2.75, 3.05) is 31.2 Å². The van der Waals surface area contributed by atoms with Crippen LogP contribution in [-0.2, 0) is 26.6 Å². The highest BCUT2D eigenvalue weighted by molar-refractivity contribution is 6.68. The molecule has 0 aliphatic heterocycles. The molecule has 180 valence electrons. The summed E-state index contributed by atoms with van der Waals surface area (Å²) < 4.78 is 6.13. The smallest absolute Gasteiger partial charge is 0.325 e. The molecule has 1 aromatic carbocycles. The Balaban J connectivity index is 2.85. The van der Waals surface area contributed by atoms with E-state index in [0.29, 0.717) is 0 Å². The molecule has 8 nitrogen and oxygen atoms in total. The molecule has 1 aromatic heterocycles. The van der Waals surface area contributed by atoms with Gasteiger partial charge in [-0.25, -0.2) is 15.0 Å². The summed E-state index contributed by atoms with van der Waals surface area (Å²) in [7, 11) is 0. The highest BCUT2D eigenvalue weighted by Crippen LogP contribution is 2.50. The highest BCUT2D eigenvalue weighted by Gasteiger charge is 2.36. The van der Waals surface area contributed by atoms with Crippen molar-refractivity contribution in [1.29, 1.82) is 0 Å². The molecule has 0 saturated carbocycles. The summed E-state index contributed by atoms with van der Waals surface area (Å²) in [6.45, 7) is 2.81. The molecule has 0 aliphatic rings. The van der Waals surface area contributed by atoms with Gasteiger partial charge in [0.15, 0.2) is 5.82 Å². The largest absolute Gasteiger partial charge is 0.465 e. The average molecular weight is 579 g/mol. The number of rotatable bonds is 8. The van der Waals surface area contributed by atoms with Crippen LogP contribution in [0.4, 0.5) is 5.69 Å². The van der Waals surface area contributed by atoms with Crippen LogP contribution in [0.15, 0.2) is 24.8 Å². The van der Waals surface area contributed by atoms with Gasteiger partial charge >= 0.3 is 11.9 Å². The molecule has 1 heterocycles. The second-order valence-electron chi connectivity index (χ2n) is 6.34. The van der Waals surface area contributed by atoms with Crippen molar-refractivity contribution >= 4 is 87.2 Å². The van der Waals surface area contributed by atoms with Crippen LogP contribution in [0.5, 0.6) is 0 Å². The van der Waals surface area contributed by atoms with Crippen molar-refractivity contribution in [3.05, 3.63) is 35.9 Å². The number of aromatic nitrogens is 3. The van der Waals surface area contributed by atoms with E-state index >= 15 is 0 Å². The number of anilines is 1. The van der Waals surface area contributed by atoms with Gasteiger partial charge < -0.3 is 14.4 Å². The number of ether oxygens (including phenoxy) is 2. The Kier molecular flexibility index (Phi) is 10.1. The zero-order chi connectivity index (χ0) is 24.8. The zero-order valence-corrected chi connectivity index (χ0v) is 21.9. The van der Waals surface area contributed by atoms with Crippen molar-refractivity contribution in [3.63, 3.8) is 0 Å². The molecular formula is C19H18Cl6N4O4. The molecule has 0 amide bonds. The van der Waals surface area contributed by atoms with Crippen LogP contribution < -0.4 is 4.90 Å². The predicted octanol–water partition coefficient (Wildman–Crippen LogP) is 5.12. The van der Waals surface area contributed by atoms with Crippen molar-refractivity contribution in [2.24, 2.45) is 0 Å². The molecule has 2 aromatic rings. The number of benzene rings is 1. The molecule has 0 radical (unpaired) electrons. The first-order chi connectivity index (χ1) is 15.4. The standard InChI is InChI=1S/C19H18Cl6N4O4/c1-3-32-14(30)7-29(8-15(31)33-4-2)13-6-11(18(20,21)22)5-12(19(23,24)25)16(13)17-27-9-26-10-28-17/h5-6,9-10H,3-4,7-8H2,1-2H3. The first-order valence-corrected chi connectivity index (χ1v) is 11.7. The molecule has 0 aliphatic carbocycles. The van der Waals surface area contributed by atoms with Crippen LogP contribution in [0, 0.1) is 0 Å². The number of alkyl halides is 6. The van der Waals surface area contributed by atoms with Gasteiger partial charge in [0, 0.05) is 16.8 Å². The molecule has 0 unspecified atom stereocenters. The monoisotopic (exact) mass is 576 g/mol. The quantitative estimate of drug-likeness (QED) is 0.314. The summed E-state index contributed by atoms with van der Waals surface area (Å²) in [5.74, 6) is -1.16. The first kappa shape index (κ1) is 28.0. The van der Waals surface area contributed by atoms with Gasteiger partial charge in [0.05, 0.1) is 18.8 Å². The number of halogens is 6. The van der Waals surface area contributed by atoms with Crippen LogP contribution in [0.3, 0.4) is 0 Å². The minimum Gasteiger partial charge on any atom is -0.465 e. The number of carbonyl (C=O) groups is 2. The molecule has 14 heteroatoms. The number of carbonyl (C=O) groups excluding carboxylic acids is 2. The van der Waals surface area contributed by atoms with Gasteiger partial charge in [0.2, 0.25) is 7.59 Å². The van der Waals surface area contributed by atoms with Crippen LogP contribution >= 0.6 is 69.6 Å². The Bertz CT molecular complexity index is 963. The fourth-order valence-corrected chi connectivity index (χ4v) is 3.59. The molecule has 0 bridgehead atoms. The Morgan fingerprint density at radius 1 is 0.879 bits per heavy atom. The molecule has 0 fully saturated rings. The topological polar surface area (TPSA) is 94.5 Å². The minimum atomic E-state index is -2.03. The van der Waals surface area contributed by atoms with Gasteiger partial charge in [0.25, 0.3) is 0 Å².